The van der Waals surface area contributed by atoms with Crippen molar-refractivity contribution in [2.75, 3.05) is 13.1 Å². The van der Waals surface area contributed by atoms with Crippen molar-refractivity contribution in [2.24, 2.45) is 0 Å². The van der Waals surface area contributed by atoms with Gasteiger partial charge in [-0.05, 0) is 30.5 Å². The minimum Gasteiger partial charge on any atom is -0.487 e. The Morgan fingerprint density at radius 1 is 0.966 bits per heavy atom. The van der Waals surface area contributed by atoms with Gasteiger partial charge in [-0.3, -0.25) is 4.90 Å². The van der Waals surface area contributed by atoms with Crippen molar-refractivity contribution in [2.45, 2.75) is 26.5 Å². The molecule has 3 heterocycles. The molecule has 5 heteroatoms. The summed E-state index contributed by atoms with van der Waals surface area (Å²) in [4.78, 5) is 7.06. The van der Waals surface area contributed by atoms with Crippen molar-refractivity contribution in [3.8, 4) is 16.9 Å². The van der Waals surface area contributed by atoms with E-state index >= 15 is 0 Å². The van der Waals surface area contributed by atoms with Crippen molar-refractivity contribution in [3.05, 3.63) is 83.8 Å². The van der Waals surface area contributed by atoms with Crippen LogP contribution in [-0.2, 0) is 6.54 Å². The third-order valence-corrected chi connectivity index (χ3v) is 5.52. The van der Waals surface area contributed by atoms with E-state index in [1.54, 1.807) is 0 Å². The number of likely N-dealkylation sites (tertiary alicyclic amines) is 1. The molecule has 0 radical (unpaired) electrons. The van der Waals surface area contributed by atoms with E-state index in [9.17, 15) is 0 Å². The fourth-order valence-electron chi connectivity index (χ4n) is 3.95. The number of aromatic nitrogens is 3. The Labute approximate surface area is 170 Å². The minimum atomic E-state index is 0.251. The number of rotatable bonds is 5. The third kappa shape index (κ3) is 3.49. The maximum absolute atomic E-state index is 6.23. The quantitative estimate of drug-likeness (QED) is 0.515. The molecule has 0 amide bonds. The Kier molecular flexibility index (Phi) is 4.52. The van der Waals surface area contributed by atoms with Crippen LogP contribution in [0.5, 0.6) is 5.75 Å². The summed E-state index contributed by atoms with van der Waals surface area (Å²) in [6.07, 6.45) is 6.18. The van der Waals surface area contributed by atoms with Gasteiger partial charge in [0.05, 0.1) is 6.20 Å². The highest BCUT2D eigenvalue weighted by molar-refractivity contribution is 5.76. The predicted octanol–water partition coefficient (Wildman–Crippen LogP) is 4.28. The van der Waals surface area contributed by atoms with Crippen molar-refractivity contribution >= 4 is 5.65 Å². The van der Waals surface area contributed by atoms with E-state index in [4.69, 9.17) is 4.74 Å². The second kappa shape index (κ2) is 7.33. The monoisotopic (exact) mass is 384 g/mol. The van der Waals surface area contributed by atoms with Gasteiger partial charge in [-0.25, -0.2) is 9.50 Å². The summed E-state index contributed by atoms with van der Waals surface area (Å²) >= 11 is 0. The lowest BCUT2D eigenvalue weighted by Gasteiger charge is -2.39. The fourth-order valence-corrected chi connectivity index (χ4v) is 3.95. The summed E-state index contributed by atoms with van der Waals surface area (Å²) in [6, 6.07) is 16.5. The zero-order valence-corrected chi connectivity index (χ0v) is 16.7. The summed E-state index contributed by atoms with van der Waals surface area (Å²) in [5, 5.41) is 4.51. The molecule has 0 aliphatic carbocycles. The zero-order chi connectivity index (χ0) is 19.8. The number of ether oxygens (including phenoxy) is 1. The number of benzene rings is 2. The Bertz CT molecular complexity index is 1130. The molecule has 1 saturated heterocycles. The van der Waals surface area contributed by atoms with E-state index in [0.29, 0.717) is 0 Å². The molecule has 5 nitrogen and oxygen atoms in total. The molecule has 2 aromatic carbocycles. The van der Waals surface area contributed by atoms with Crippen molar-refractivity contribution in [1.29, 1.82) is 0 Å². The topological polar surface area (TPSA) is 42.7 Å². The number of aryl methyl sites for hydroxylation is 2. The number of nitrogens with zero attached hydrogens (tertiary/aromatic N) is 4. The van der Waals surface area contributed by atoms with Gasteiger partial charge in [0.2, 0.25) is 0 Å². The van der Waals surface area contributed by atoms with Gasteiger partial charge in [-0.15, -0.1) is 0 Å². The number of hydrogen-bond acceptors (Lipinski definition) is 4. The fraction of sp³-hybridized carbons (Fsp3) is 0.250. The first kappa shape index (κ1) is 17.9. The zero-order valence-electron chi connectivity index (χ0n) is 16.7. The van der Waals surface area contributed by atoms with E-state index < -0.39 is 0 Å². The molecular weight excluding hydrogens is 360 g/mol. The van der Waals surface area contributed by atoms with Gasteiger partial charge in [0, 0.05) is 43.2 Å². The molecule has 4 aromatic rings. The van der Waals surface area contributed by atoms with Gasteiger partial charge in [-0.2, -0.15) is 5.10 Å². The molecular formula is C24H24N4O. The molecule has 0 unspecified atom stereocenters. The highest BCUT2D eigenvalue weighted by atomic mass is 16.5. The molecule has 1 aliphatic rings. The molecule has 0 saturated carbocycles. The highest BCUT2D eigenvalue weighted by Crippen LogP contribution is 2.27. The molecule has 2 aromatic heterocycles. The van der Waals surface area contributed by atoms with Crippen molar-refractivity contribution in [3.63, 3.8) is 0 Å². The molecule has 1 aliphatic heterocycles. The normalized spacial score (nSPS) is 14.8. The standard InChI is InChI=1S/C24H24N4O/c1-17-7-6-8-18(2)23(17)29-21-15-27(16-21)13-19-11-25-24-22(12-26-28(24)14-19)20-9-4-3-5-10-20/h3-12,14,21H,13,15-16H2,1-2H3. The van der Waals surface area contributed by atoms with Gasteiger partial charge in [-0.1, -0.05) is 48.5 Å². The van der Waals surface area contributed by atoms with Crippen LogP contribution in [0, 0.1) is 13.8 Å². The lowest BCUT2D eigenvalue weighted by Crippen LogP contribution is -2.53. The van der Waals surface area contributed by atoms with Crippen LogP contribution in [0.2, 0.25) is 0 Å². The van der Waals surface area contributed by atoms with Crippen LogP contribution in [0.3, 0.4) is 0 Å². The number of hydrogen-bond donors (Lipinski definition) is 0. The van der Waals surface area contributed by atoms with E-state index in [2.05, 4.69) is 65.4 Å². The average Bonchev–Trinajstić information content (AvgIpc) is 3.12. The molecule has 0 spiro atoms. The van der Waals surface area contributed by atoms with Crippen molar-refractivity contribution in [1.82, 2.24) is 19.5 Å². The molecule has 29 heavy (non-hydrogen) atoms. The lowest BCUT2D eigenvalue weighted by molar-refractivity contribution is 0.0136. The van der Waals surface area contributed by atoms with Crippen LogP contribution >= 0.6 is 0 Å². The summed E-state index contributed by atoms with van der Waals surface area (Å²) in [5.41, 5.74) is 6.64. The second-order valence-corrected chi connectivity index (χ2v) is 7.81. The van der Waals surface area contributed by atoms with E-state index in [1.807, 2.05) is 35.1 Å². The highest BCUT2D eigenvalue weighted by Gasteiger charge is 2.29. The maximum atomic E-state index is 6.23. The SMILES string of the molecule is Cc1cccc(C)c1OC1CN(Cc2cnc3c(-c4ccccc4)cnn3c2)C1. The first-order valence-corrected chi connectivity index (χ1v) is 10.0. The van der Waals surface area contributed by atoms with Gasteiger partial charge < -0.3 is 4.74 Å². The molecule has 146 valence electrons. The van der Waals surface area contributed by atoms with Crippen LogP contribution in [0.4, 0.5) is 0 Å². The van der Waals surface area contributed by atoms with Crippen LogP contribution in [0.15, 0.2) is 67.1 Å². The van der Waals surface area contributed by atoms with Crippen LogP contribution < -0.4 is 4.74 Å². The molecule has 0 N–H and O–H groups in total. The van der Waals surface area contributed by atoms with Gasteiger partial charge in [0.15, 0.2) is 5.65 Å². The molecule has 0 bridgehead atoms. The molecule has 5 rings (SSSR count). The summed E-state index contributed by atoms with van der Waals surface area (Å²) < 4.78 is 8.10. The summed E-state index contributed by atoms with van der Waals surface area (Å²) in [5.74, 6) is 1.03. The summed E-state index contributed by atoms with van der Waals surface area (Å²) in [6.45, 7) is 6.93. The maximum Gasteiger partial charge on any atom is 0.162 e. The minimum absolute atomic E-state index is 0.251. The molecule has 1 fully saturated rings. The smallest absolute Gasteiger partial charge is 0.162 e. The van der Waals surface area contributed by atoms with Gasteiger partial charge in [0.25, 0.3) is 0 Å². The third-order valence-electron chi connectivity index (χ3n) is 5.52. The second-order valence-electron chi connectivity index (χ2n) is 7.81. The van der Waals surface area contributed by atoms with E-state index in [-0.39, 0.29) is 6.10 Å². The van der Waals surface area contributed by atoms with Crippen molar-refractivity contribution < 1.29 is 4.74 Å². The Hall–Kier alpha value is -3.18. The number of fused-ring (bicyclic) bond motifs is 1. The Balaban J connectivity index is 1.24. The first-order valence-electron chi connectivity index (χ1n) is 10.0. The largest absolute Gasteiger partial charge is 0.487 e. The Morgan fingerprint density at radius 3 is 2.48 bits per heavy atom. The lowest BCUT2D eigenvalue weighted by atomic mass is 10.1. The summed E-state index contributed by atoms with van der Waals surface area (Å²) in [7, 11) is 0. The van der Waals surface area contributed by atoms with Gasteiger partial charge >= 0.3 is 0 Å². The Morgan fingerprint density at radius 2 is 1.72 bits per heavy atom. The number of para-hydroxylation sites is 1. The van der Waals surface area contributed by atoms with Crippen LogP contribution in [0.1, 0.15) is 16.7 Å². The van der Waals surface area contributed by atoms with E-state index in [1.165, 1.54) is 11.1 Å². The molecule has 0 atom stereocenters. The van der Waals surface area contributed by atoms with Crippen LogP contribution in [-0.4, -0.2) is 38.7 Å². The van der Waals surface area contributed by atoms with Gasteiger partial charge in [0.1, 0.15) is 11.9 Å². The predicted molar refractivity (Wildman–Crippen MR) is 114 cm³/mol. The van der Waals surface area contributed by atoms with E-state index in [0.717, 1.165) is 47.7 Å². The average molecular weight is 384 g/mol. The van der Waals surface area contributed by atoms with Crippen LogP contribution in [0.25, 0.3) is 16.8 Å². The first-order chi connectivity index (χ1) is 14.2.